The van der Waals surface area contributed by atoms with Crippen molar-refractivity contribution >= 4 is 22.2 Å². The van der Waals surface area contributed by atoms with E-state index >= 15 is 0 Å². The van der Waals surface area contributed by atoms with Crippen LogP contribution in [-0.4, -0.2) is 17.0 Å². The Hall–Kier alpha value is -1.78. The number of nitrogens with one attached hydrogen (secondary N) is 1. The molecule has 0 aliphatic heterocycles. The molecule has 2 aromatic heterocycles. The van der Waals surface area contributed by atoms with E-state index < -0.39 is 0 Å². The van der Waals surface area contributed by atoms with Gasteiger partial charge in [-0.1, -0.05) is 24.3 Å². The van der Waals surface area contributed by atoms with Gasteiger partial charge < -0.3 is 5.32 Å². The Labute approximate surface area is 110 Å². The molecule has 0 spiro atoms. The summed E-state index contributed by atoms with van der Waals surface area (Å²) in [5, 5.41) is 7.31. The van der Waals surface area contributed by atoms with Crippen LogP contribution in [0, 0.1) is 0 Å². The molecule has 0 bridgehead atoms. The van der Waals surface area contributed by atoms with Crippen LogP contribution in [0.25, 0.3) is 21.6 Å². The highest BCUT2D eigenvalue weighted by molar-refractivity contribution is 7.13. The van der Waals surface area contributed by atoms with E-state index in [2.05, 4.69) is 32.8 Å². The third-order valence-corrected chi connectivity index (χ3v) is 3.64. The van der Waals surface area contributed by atoms with Crippen LogP contribution in [0.15, 0.2) is 41.8 Å². The number of hydrogen-bond donors (Lipinski definition) is 1. The topological polar surface area (TPSA) is 37.8 Å². The Morgan fingerprint density at radius 1 is 1.11 bits per heavy atom. The lowest BCUT2D eigenvalue weighted by atomic mass is 10.2. The van der Waals surface area contributed by atoms with Crippen LogP contribution in [0.1, 0.15) is 5.69 Å². The second-order valence-corrected chi connectivity index (χ2v) is 4.92. The van der Waals surface area contributed by atoms with E-state index in [4.69, 9.17) is 0 Å². The number of fused-ring (bicyclic) bond motifs is 1. The van der Waals surface area contributed by atoms with Gasteiger partial charge in [0.1, 0.15) is 5.01 Å². The smallest absolute Gasteiger partial charge is 0.142 e. The van der Waals surface area contributed by atoms with Crippen molar-refractivity contribution in [1.29, 1.82) is 0 Å². The molecule has 0 fully saturated rings. The second-order valence-electron chi connectivity index (χ2n) is 4.06. The highest BCUT2D eigenvalue weighted by atomic mass is 32.1. The molecule has 0 saturated heterocycles. The average Bonchev–Trinajstić information content (AvgIpc) is 2.87. The van der Waals surface area contributed by atoms with Crippen LogP contribution in [0.5, 0.6) is 0 Å². The number of para-hydroxylation sites is 1. The zero-order chi connectivity index (χ0) is 12.4. The van der Waals surface area contributed by atoms with Crippen LogP contribution in [0.4, 0.5) is 0 Å². The Morgan fingerprint density at radius 3 is 2.89 bits per heavy atom. The summed E-state index contributed by atoms with van der Waals surface area (Å²) in [5.74, 6) is 0. The van der Waals surface area contributed by atoms with Gasteiger partial charge in [0, 0.05) is 17.3 Å². The number of pyridine rings is 1. The minimum atomic E-state index is 0.796. The summed E-state index contributed by atoms with van der Waals surface area (Å²) in [6, 6.07) is 12.3. The van der Waals surface area contributed by atoms with E-state index in [0.29, 0.717) is 0 Å². The van der Waals surface area contributed by atoms with Crippen molar-refractivity contribution in [2.45, 2.75) is 6.54 Å². The Morgan fingerprint density at radius 2 is 2.00 bits per heavy atom. The maximum Gasteiger partial charge on any atom is 0.142 e. The zero-order valence-electron chi connectivity index (χ0n) is 10.1. The van der Waals surface area contributed by atoms with E-state index in [-0.39, 0.29) is 0 Å². The van der Waals surface area contributed by atoms with Crippen molar-refractivity contribution in [3.05, 3.63) is 47.5 Å². The van der Waals surface area contributed by atoms with Crippen LogP contribution < -0.4 is 5.32 Å². The summed E-state index contributed by atoms with van der Waals surface area (Å²) in [6.45, 7) is 0.796. The quantitative estimate of drug-likeness (QED) is 0.781. The van der Waals surface area contributed by atoms with Gasteiger partial charge in [-0.25, -0.2) is 9.97 Å². The van der Waals surface area contributed by atoms with Gasteiger partial charge in [0.25, 0.3) is 0 Å². The third kappa shape index (κ3) is 2.12. The lowest BCUT2D eigenvalue weighted by Crippen LogP contribution is -2.04. The molecule has 0 atom stereocenters. The first-order valence-corrected chi connectivity index (χ1v) is 6.70. The SMILES string of the molecule is CNCc1csc(-c2ccc3ccccc3n2)n1. The van der Waals surface area contributed by atoms with Crippen molar-refractivity contribution < 1.29 is 0 Å². The summed E-state index contributed by atoms with van der Waals surface area (Å²) in [7, 11) is 1.92. The van der Waals surface area contributed by atoms with Gasteiger partial charge >= 0.3 is 0 Å². The number of aromatic nitrogens is 2. The summed E-state index contributed by atoms with van der Waals surface area (Å²) >= 11 is 1.64. The maximum atomic E-state index is 4.65. The predicted molar refractivity (Wildman–Crippen MR) is 75.6 cm³/mol. The number of rotatable bonds is 3. The van der Waals surface area contributed by atoms with Crippen LogP contribution in [-0.2, 0) is 6.54 Å². The minimum Gasteiger partial charge on any atom is -0.314 e. The normalized spacial score (nSPS) is 10.9. The molecule has 3 rings (SSSR count). The predicted octanol–water partition coefficient (Wildman–Crippen LogP) is 3.08. The Balaban J connectivity index is 2.02. The molecule has 90 valence electrons. The summed E-state index contributed by atoms with van der Waals surface area (Å²) in [6.07, 6.45) is 0. The third-order valence-electron chi connectivity index (χ3n) is 2.73. The zero-order valence-corrected chi connectivity index (χ0v) is 10.9. The largest absolute Gasteiger partial charge is 0.314 e. The fraction of sp³-hybridized carbons (Fsp3) is 0.143. The second kappa shape index (κ2) is 4.84. The minimum absolute atomic E-state index is 0.796. The molecule has 3 nitrogen and oxygen atoms in total. The standard InChI is InChI=1S/C14H13N3S/c1-15-8-11-9-18-14(16-11)13-7-6-10-4-2-3-5-12(10)17-13/h2-7,9,15H,8H2,1H3. The number of benzene rings is 1. The summed E-state index contributed by atoms with van der Waals surface area (Å²) in [4.78, 5) is 9.22. The van der Waals surface area contributed by atoms with Gasteiger partial charge in [0.05, 0.1) is 16.9 Å². The van der Waals surface area contributed by atoms with Gasteiger partial charge in [-0.15, -0.1) is 11.3 Å². The van der Waals surface area contributed by atoms with E-state index in [1.807, 2.05) is 31.3 Å². The van der Waals surface area contributed by atoms with E-state index in [1.165, 1.54) is 0 Å². The maximum absolute atomic E-state index is 4.65. The van der Waals surface area contributed by atoms with Crippen molar-refractivity contribution in [3.63, 3.8) is 0 Å². The van der Waals surface area contributed by atoms with Crippen LogP contribution in [0.3, 0.4) is 0 Å². The van der Waals surface area contributed by atoms with Crippen molar-refractivity contribution in [1.82, 2.24) is 15.3 Å². The molecule has 3 aromatic rings. The van der Waals surface area contributed by atoms with Gasteiger partial charge in [-0.05, 0) is 19.2 Å². The van der Waals surface area contributed by atoms with Gasteiger partial charge in [0.2, 0.25) is 0 Å². The lowest BCUT2D eigenvalue weighted by Gasteiger charge is -1.99. The van der Waals surface area contributed by atoms with Crippen LogP contribution in [0.2, 0.25) is 0 Å². The molecule has 1 N–H and O–H groups in total. The fourth-order valence-corrected chi connectivity index (χ4v) is 2.66. The first-order chi connectivity index (χ1) is 8.86. The molecule has 4 heteroatoms. The van der Waals surface area contributed by atoms with E-state index in [0.717, 1.165) is 33.8 Å². The van der Waals surface area contributed by atoms with Crippen molar-refractivity contribution in [2.75, 3.05) is 7.05 Å². The molecule has 1 aromatic carbocycles. The Kier molecular flexibility index (Phi) is 3.04. The molecule has 0 radical (unpaired) electrons. The molecule has 0 unspecified atom stereocenters. The van der Waals surface area contributed by atoms with Crippen molar-refractivity contribution in [2.24, 2.45) is 0 Å². The highest BCUT2D eigenvalue weighted by Gasteiger charge is 2.06. The van der Waals surface area contributed by atoms with Gasteiger partial charge in [-0.3, -0.25) is 0 Å². The monoisotopic (exact) mass is 255 g/mol. The number of hydrogen-bond acceptors (Lipinski definition) is 4. The van der Waals surface area contributed by atoms with Gasteiger partial charge in [0.15, 0.2) is 0 Å². The molecule has 0 aliphatic carbocycles. The molecular formula is C14H13N3S. The molecule has 2 heterocycles. The Bertz CT molecular complexity index is 675. The van der Waals surface area contributed by atoms with Crippen LogP contribution >= 0.6 is 11.3 Å². The molecule has 18 heavy (non-hydrogen) atoms. The lowest BCUT2D eigenvalue weighted by molar-refractivity contribution is 0.798. The van der Waals surface area contributed by atoms with Gasteiger partial charge in [-0.2, -0.15) is 0 Å². The summed E-state index contributed by atoms with van der Waals surface area (Å²) in [5.41, 5.74) is 3.02. The summed E-state index contributed by atoms with van der Waals surface area (Å²) < 4.78 is 0. The highest BCUT2D eigenvalue weighted by Crippen LogP contribution is 2.24. The number of nitrogens with zero attached hydrogens (tertiary/aromatic N) is 2. The first-order valence-electron chi connectivity index (χ1n) is 5.82. The molecule has 0 aliphatic rings. The van der Waals surface area contributed by atoms with E-state index in [1.54, 1.807) is 11.3 Å². The fourth-order valence-electron chi connectivity index (χ4n) is 1.87. The van der Waals surface area contributed by atoms with Crippen molar-refractivity contribution in [3.8, 4) is 10.7 Å². The molecule has 0 saturated carbocycles. The molecular weight excluding hydrogens is 242 g/mol. The average molecular weight is 255 g/mol. The number of thiazole rings is 1. The van der Waals surface area contributed by atoms with E-state index in [9.17, 15) is 0 Å². The molecule has 0 amide bonds. The first kappa shape index (κ1) is 11.3.